The maximum Gasteiger partial charge on any atom is 0.300 e. The summed E-state index contributed by atoms with van der Waals surface area (Å²) in [7, 11) is 0. The predicted molar refractivity (Wildman–Crippen MR) is 110 cm³/mol. The second-order valence-corrected chi connectivity index (χ2v) is 8.05. The number of rotatable bonds is 4. The molecule has 0 aromatic carbocycles. The third kappa shape index (κ3) is 3.34. The zero-order chi connectivity index (χ0) is 21.6. The smallest absolute Gasteiger partial charge is 0.300 e. The maximum atomic E-state index is 13.1. The zero-order valence-corrected chi connectivity index (χ0v) is 17.2. The van der Waals surface area contributed by atoms with Gasteiger partial charge in [0.2, 0.25) is 5.91 Å². The molecule has 9 nitrogen and oxygen atoms in total. The molecule has 10 heteroatoms. The lowest BCUT2D eigenvalue weighted by atomic mass is 9.93. The van der Waals surface area contributed by atoms with E-state index in [9.17, 15) is 14.0 Å². The molecule has 1 amide bonds. The first-order valence-electron chi connectivity index (χ1n) is 9.58. The summed E-state index contributed by atoms with van der Waals surface area (Å²) in [6, 6.07) is 4.40. The van der Waals surface area contributed by atoms with Gasteiger partial charge < -0.3 is 9.88 Å². The number of halogens is 1. The van der Waals surface area contributed by atoms with Crippen LogP contribution < -0.4 is 10.9 Å². The lowest BCUT2D eigenvalue weighted by molar-refractivity contribution is -0.116. The molecule has 0 atom stereocenters. The van der Waals surface area contributed by atoms with Crippen LogP contribution in [0.3, 0.4) is 0 Å². The van der Waals surface area contributed by atoms with Crippen molar-refractivity contribution in [1.29, 1.82) is 0 Å². The number of hydrogen-bond donors (Lipinski definition) is 1. The molecular formula is C20H22FN7O2. The molecule has 4 rings (SSSR count). The number of carbonyl (C=O) groups is 1. The lowest BCUT2D eigenvalue weighted by Crippen LogP contribution is -2.26. The Morgan fingerprint density at radius 3 is 2.63 bits per heavy atom. The molecule has 156 valence electrons. The summed E-state index contributed by atoms with van der Waals surface area (Å²) in [6.07, 6.45) is 2.60. The van der Waals surface area contributed by atoms with Gasteiger partial charge in [-0.05, 0) is 19.1 Å². The van der Waals surface area contributed by atoms with Crippen molar-refractivity contribution in [1.82, 2.24) is 28.7 Å². The summed E-state index contributed by atoms with van der Waals surface area (Å²) < 4.78 is 17.8. The third-order valence-electron chi connectivity index (χ3n) is 4.84. The highest BCUT2D eigenvalue weighted by Crippen LogP contribution is 2.23. The Morgan fingerprint density at radius 2 is 2.00 bits per heavy atom. The SMILES string of the molecule is CCn1cnc2c1c(=O)n1nc(C(C)(C)C)cc1n2CC(=O)Nc1ccc(F)cn1. The second kappa shape index (κ2) is 7.05. The summed E-state index contributed by atoms with van der Waals surface area (Å²) in [6.45, 7) is 8.35. The van der Waals surface area contributed by atoms with Crippen LogP contribution in [0.15, 0.2) is 35.5 Å². The first-order chi connectivity index (χ1) is 14.2. The van der Waals surface area contributed by atoms with E-state index < -0.39 is 5.82 Å². The average molecular weight is 411 g/mol. The van der Waals surface area contributed by atoms with E-state index in [1.54, 1.807) is 21.5 Å². The van der Waals surface area contributed by atoms with Crippen LogP contribution in [0.4, 0.5) is 10.2 Å². The molecule has 0 spiro atoms. The van der Waals surface area contributed by atoms with Gasteiger partial charge in [-0.15, -0.1) is 0 Å². The van der Waals surface area contributed by atoms with Gasteiger partial charge in [0.25, 0.3) is 0 Å². The number of nitrogens with one attached hydrogen (secondary N) is 1. The Hall–Kier alpha value is -3.56. The maximum absolute atomic E-state index is 13.1. The molecule has 0 aliphatic heterocycles. The minimum atomic E-state index is -0.490. The molecule has 30 heavy (non-hydrogen) atoms. The third-order valence-corrected chi connectivity index (χ3v) is 4.84. The standard InChI is InChI=1S/C20H22FN7O2/c1-5-26-11-23-18-17(26)19(30)28-16(8-13(25-28)20(2,3)4)27(18)10-15(29)24-14-7-6-12(21)9-22-14/h6-9,11H,5,10H2,1-4H3,(H,22,24,29). The van der Waals surface area contributed by atoms with E-state index in [0.29, 0.717) is 23.4 Å². The highest BCUT2D eigenvalue weighted by molar-refractivity contribution is 5.91. The average Bonchev–Trinajstić information content (AvgIpc) is 3.32. The molecule has 0 aliphatic rings. The zero-order valence-electron chi connectivity index (χ0n) is 17.2. The van der Waals surface area contributed by atoms with Crippen molar-refractivity contribution in [2.75, 3.05) is 5.32 Å². The number of fused-ring (bicyclic) bond motifs is 2. The van der Waals surface area contributed by atoms with Gasteiger partial charge in [-0.1, -0.05) is 20.8 Å². The Labute approximate surface area is 171 Å². The van der Waals surface area contributed by atoms with E-state index >= 15 is 0 Å². The van der Waals surface area contributed by atoms with Gasteiger partial charge in [0.05, 0.1) is 18.2 Å². The van der Waals surface area contributed by atoms with E-state index in [-0.39, 0.29) is 29.2 Å². The molecule has 0 aliphatic carbocycles. The molecule has 0 fully saturated rings. The van der Waals surface area contributed by atoms with Crippen LogP contribution in [0.2, 0.25) is 0 Å². The number of imidazole rings is 1. The fourth-order valence-electron chi connectivity index (χ4n) is 3.25. The van der Waals surface area contributed by atoms with E-state index in [2.05, 4.69) is 20.4 Å². The van der Waals surface area contributed by atoms with Gasteiger partial charge in [-0.3, -0.25) is 14.2 Å². The van der Waals surface area contributed by atoms with Crippen molar-refractivity contribution in [2.24, 2.45) is 0 Å². The Balaban J connectivity index is 1.85. The van der Waals surface area contributed by atoms with Crippen LogP contribution in [0.25, 0.3) is 16.8 Å². The number of aryl methyl sites for hydroxylation is 1. The van der Waals surface area contributed by atoms with Gasteiger partial charge in [-0.25, -0.2) is 14.4 Å². The molecule has 0 bridgehead atoms. The second-order valence-electron chi connectivity index (χ2n) is 8.05. The molecule has 0 saturated heterocycles. The first-order valence-corrected chi connectivity index (χ1v) is 9.58. The van der Waals surface area contributed by atoms with Crippen LogP contribution in [-0.4, -0.2) is 34.6 Å². The topological polar surface area (TPSA) is 99.1 Å². The van der Waals surface area contributed by atoms with E-state index in [4.69, 9.17) is 0 Å². The van der Waals surface area contributed by atoms with Crippen molar-refractivity contribution in [3.8, 4) is 0 Å². The van der Waals surface area contributed by atoms with Gasteiger partial charge in [-0.2, -0.15) is 9.61 Å². The number of hydrogen-bond acceptors (Lipinski definition) is 5. The molecule has 4 aromatic rings. The fourth-order valence-corrected chi connectivity index (χ4v) is 3.25. The van der Waals surface area contributed by atoms with Crippen molar-refractivity contribution >= 4 is 28.5 Å². The number of amides is 1. The van der Waals surface area contributed by atoms with Crippen LogP contribution >= 0.6 is 0 Å². The Morgan fingerprint density at radius 1 is 1.23 bits per heavy atom. The summed E-state index contributed by atoms with van der Waals surface area (Å²) in [5.74, 6) is -0.640. The molecule has 1 N–H and O–H groups in total. The summed E-state index contributed by atoms with van der Waals surface area (Å²) >= 11 is 0. The van der Waals surface area contributed by atoms with Gasteiger partial charge >= 0.3 is 5.56 Å². The molecule has 4 heterocycles. The largest absolute Gasteiger partial charge is 0.325 e. The van der Waals surface area contributed by atoms with Crippen LogP contribution in [0, 0.1) is 5.82 Å². The van der Waals surface area contributed by atoms with Crippen molar-refractivity contribution in [3.05, 3.63) is 52.6 Å². The number of carbonyl (C=O) groups excluding carboxylic acids is 1. The lowest BCUT2D eigenvalue weighted by Gasteiger charge is -2.13. The number of aromatic nitrogens is 6. The van der Waals surface area contributed by atoms with Crippen molar-refractivity contribution < 1.29 is 9.18 Å². The van der Waals surface area contributed by atoms with Crippen LogP contribution in [0.5, 0.6) is 0 Å². The molecule has 0 radical (unpaired) electrons. The number of nitrogens with zero attached hydrogens (tertiary/aromatic N) is 6. The summed E-state index contributed by atoms with van der Waals surface area (Å²) in [5, 5.41) is 7.15. The van der Waals surface area contributed by atoms with Crippen molar-refractivity contribution in [3.63, 3.8) is 0 Å². The highest BCUT2D eigenvalue weighted by atomic mass is 19.1. The van der Waals surface area contributed by atoms with Gasteiger partial charge in [0, 0.05) is 18.0 Å². The Bertz CT molecular complexity index is 1310. The van der Waals surface area contributed by atoms with Crippen LogP contribution in [0.1, 0.15) is 33.4 Å². The van der Waals surface area contributed by atoms with Gasteiger partial charge in [0.1, 0.15) is 23.8 Å². The number of anilines is 1. The minimum absolute atomic E-state index is 0.116. The van der Waals surface area contributed by atoms with Crippen molar-refractivity contribution in [2.45, 2.75) is 46.2 Å². The monoisotopic (exact) mass is 411 g/mol. The highest BCUT2D eigenvalue weighted by Gasteiger charge is 2.23. The van der Waals surface area contributed by atoms with E-state index in [1.165, 1.54) is 16.6 Å². The molecular weight excluding hydrogens is 389 g/mol. The summed E-state index contributed by atoms with van der Waals surface area (Å²) in [5.41, 5.74) is 1.41. The van der Waals surface area contributed by atoms with Crippen LogP contribution in [-0.2, 0) is 23.3 Å². The molecule has 0 unspecified atom stereocenters. The van der Waals surface area contributed by atoms with E-state index in [1.807, 2.05) is 27.7 Å². The fraction of sp³-hybridized carbons (Fsp3) is 0.350. The normalized spacial score (nSPS) is 12.0. The molecule has 0 saturated carbocycles. The van der Waals surface area contributed by atoms with E-state index in [0.717, 1.165) is 11.9 Å². The molecule has 4 aromatic heterocycles. The first kappa shape index (κ1) is 19.7. The number of pyridine rings is 1. The quantitative estimate of drug-likeness (QED) is 0.556. The minimum Gasteiger partial charge on any atom is -0.325 e. The van der Waals surface area contributed by atoms with Gasteiger partial charge in [0.15, 0.2) is 11.2 Å². The Kier molecular flexibility index (Phi) is 4.64. The predicted octanol–water partition coefficient (Wildman–Crippen LogP) is 2.34. The summed E-state index contributed by atoms with van der Waals surface area (Å²) in [4.78, 5) is 34.1.